The number of fused-ring (bicyclic) bond motifs is 4. The van der Waals surface area contributed by atoms with Crippen LogP contribution in [0.25, 0.3) is 77.1 Å². The lowest BCUT2D eigenvalue weighted by atomic mass is 9.97. The van der Waals surface area contributed by atoms with Gasteiger partial charge in [-0.05, 0) is 58.3 Å². The number of nitrogens with zero attached hydrogens (tertiary/aromatic N) is 3. The summed E-state index contributed by atoms with van der Waals surface area (Å²) in [6.07, 6.45) is 1.83. The normalized spacial score (nSPS) is 11.5. The maximum atomic E-state index is 5.10. The van der Waals surface area contributed by atoms with E-state index in [9.17, 15) is 0 Å². The zero-order valence-corrected chi connectivity index (χ0v) is 21.6. The molecule has 0 aliphatic carbocycles. The number of benzene rings is 5. The van der Waals surface area contributed by atoms with Gasteiger partial charge in [0, 0.05) is 33.5 Å². The Morgan fingerprint density at radius 3 is 1.93 bits per heavy atom. The molecule has 3 aromatic heterocycles. The molecule has 3 heteroatoms. The molecule has 8 rings (SSSR count). The van der Waals surface area contributed by atoms with Crippen LogP contribution in [0.2, 0.25) is 0 Å². The van der Waals surface area contributed by atoms with Gasteiger partial charge in [0.1, 0.15) is 0 Å². The molecule has 0 bridgehead atoms. The van der Waals surface area contributed by atoms with Crippen molar-refractivity contribution in [3.8, 4) is 33.6 Å². The molecular formula is C37H23N3. The molecule has 0 aliphatic rings. The first-order chi connectivity index (χ1) is 19.8. The first kappa shape index (κ1) is 22.6. The van der Waals surface area contributed by atoms with E-state index in [-0.39, 0.29) is 0 Å². The van der Waals surface area contributed by atoms with Crippen LogP contribution < -0.4 is 0 Å². The first-order valence-electron chi connectivity index (χ1n) is 13.4. The first-order valence-corrected chi connectivity index (χ1v) is 13.4. The zero-order chi connectivity index (χ0) is 26.5. The summed E-state index contributed by atoms with van der Waals surface area (Å²) in [4.78, 5) is 14.7. The van der Waals surface area contributed by atoms with Gasteiger partial charge in [-0.25, -0.2) is 9.97 Å². The lowest BCUT2D eigenvalue weighted by Gasteiger charge is -2.10. The molecule has 0 radical (unpaired) electrons. The fraction of sp³-hybridized carbons (Fsp3) is 0. The van der Waals surface area contributed by atoms with Crippen LogP contribution in [0.3, 0.4) is 0 Å². The highest BCUT2D eigenvalue weighted by atomic mass is 14.7. The van der Waals surface area contributed by atoms with E-state index in [0.29, 0.717) is 0 Å². The lowest BCUT2D eigenvalue weighted by molar-refractivity contribution is 1.37. The van der Waals surface area contributed by atoms with Crippen LogP contribution in [0.15, 0.2) is 140 Å². The van der Waals surface area contributed by atoms with Crippen LogP contribution in [-0.2, 0) is 0 Å². The molecule has 186 valence electrons. The van der Waals surface area contributed by atoms with Crippen molar-refractivity contribution in [2.75, 3.05) is 0 Å². The average Bonchev–Trinajstić information content (AvgIpc) is 3.03. The molecule has 0 saturated heterocycles. The number of hydrogen-bond acceptors (Lipinski definition) is 3. The molecule has 40 heavy (non-hydrogen) atoms. The van der Waals surface area contributed by atoms with E-state index >= 15 is 0 Å². The summed E-state index contributed by atoms with van der Waals surface area (Å²) in [6, 6.07) is 46.7. The van der Waals surface area contributed by atoms with Gasteiger partial charge in [-0.1, -0.05) is 97.1 Å². The van der Waals surface area contributed by atoms with E-state index < -0.39 is 0 Å². The van der Waals surface area contributed by atoms with E-state index in [1.807, 2.05) is 24.4 Å². The fourth-order valence-corrected chi connectivity index (χ4v) is 5.68. The third-order valence-electron chi connectivity index (χ3n) is 7.70. The van der Waals surface area contributed by atoms with E-state index in [4.69, 9.17) is 9.97 Å². The summed E-state index contributed by atoms with van der Waals surface area (Å²) in [5.41, 5.74) is 9.30. The van der Waals surface area contributed by atoms with Crippen LogP contribution in [0.4, 0.5) is 0 Å². The summed E-state index contributed by atoms with van der Waals surface area (Å²) < 4.78 is 0. The molecule has 0 aliphatic heterocycles. The van der Waals surface area contributed by atoms with Crippen molar-refractivity contribution in [3.05, 3.63) is 140 Å². The Morgan fingerprint density at radius 1 is 0.375 bits per heavy atom. The summed E-state index contributed by atoms with van der Waals surface area (Å²) in [6.45, 7) is 0. The van der Waals surface area contributed by atoms with Gasteiger partial charge in [-0.15, -0.1) is 0 Å². The van der Waals surface area contributed by atoms with E-state index in [1.165, 1.54) is 21.9 Å². The quantitative estimate of drug-likeness (QED) is 0.238. The van der Waals surface area contributed by atoms with Crippen molar-refractivity contribution < 1.29 is 0 Å². The van der Waals surface area contributed by atoms with Gasteiger partial charge in [0.05, 0.1) is 27.9 Å². The zero-order valence-electron chi connectivity index (χ0n) is 21.6. The summed E-state index contributed by atoms with van der Waals surface area (Å²) >= 11 is 0. The molecule has 3 heterocycles. The number of aromatic nitrogens is 3. The number of hydrogen-bond donors (Lipinski definition) is 0. The fourth-order valence-electron chi connectivity index (χ4n) is 5.68. The van der Waals surface area contributed by atoms with Gasteiger partial charge in [-0.3, -0.25) is 4.98 Å². The van der Waals surface area contributed by atoms with Gasteiger partial charge < -0.3 is 0 Å². The molecule has 0 fully saturated rings. The Balaban J connectivity index is 1.22. The maximum Gasteiger partial charge on any atom is 0.0716 e. The standard InChI is InChI=1S/C37H23N3/c1-2-8-29-24(6-1)7-3-9-30(29)27-15-13-25-17-19-33(39-36(25)22-27)28-16-14-26-18-20-35(40-37(26)23-28)32-10-4-12-34-31(32)11-5-21-38-34/h1-23H. The molecule has 5 aromatic carbocycles. The van der Waals surface area contributed by atoms with E-state index in [1.54, 1.807) is 0 Å². The monoisotopic (exact) mass is 509 g/mol. The van der Waals surface area contributed by atoms with Crippen molar-refractivity contribution >= 4 is 43.5 Å². The highest BCUT2D eigenvalue weighted by Crippen LogP contribution is 2.33. The SMILES string of the molecule is c1ccc2c(-c3ccc4ccc(-c5ccc6ccc(-c7cccc8ncccc78)nc6c5)nc4c3)cccc2c1. The summed E-state index contributed by atoms with van der Waals surface area (Å²) in [5, 5.41) is 5.82. The van der Waals surface area contributed by atoms with Crippen LogP contribution in [0.5, 0.6) is 0 Å². The highest BCUT2D eigenvalue weighted by molar-refractivity contribution is 5.99. The van der Waals surface area contributed by atoms with Crippen molar-refractivity contribution in [2.45, 2.75) is 0 Å². The Morgan fingerprint density at radius 2 is 1.02 bits per heavy atom. The topological polar surface area (TPSA) is 38.7 Å². The molecule has 8 aromatic rings. The second-order valence-electron chi connectivity index (χ2n) is 10.1. The molecule has 3 nitrogen and oxygen atoms in total. The van der Waals surface area contributed by atoms with Crippen molar-refractivity contribution in [3.63, 3.8) is 0 Å². The Bertz CT molecular complexity index is 2060. The smallest absolute Gasteiger partial charge is 0.0716 e. The molecule has 0 amide bonds. The van der Waals surface area contributed by atoms with Gasteiger partial charge in [0.25, 0.3) is 0 Å². The van der Waals surface area contributed by atoms with E-state index in [2.05, 4.69) is 120 Å². The molecule has 0 N–H and O–H groups in total. The minimum absolute atomic E-state index is 0.936. The van der Waals surface area contributed by atoms with Crippen molar-refractivity contribution in [1.82, 2.24) is 15.0 Å². The second kappa shape index (κ2) is 9.11. The van der Waals surface area contributed by atoms with Gasteiger partial charge in [0.2, 0.25) is 0 Å². The molecule has 0 atom stereocenters. The lowest BCUT2D eigenvalue weighted by Crippen LogP contribution is -1.90. The minimum Gasteiger partial charge on any atom is -0.256 e. The highest BCUT2D eigenvalue weighted by Gasteiger charge is 2.10. The molecular weight excluding hydrogens is 486 g/mol. The Hall–Kier alpha value is -5.41. The van der Waals surface area contributed by atoms with Gasteiger partial charge in [0.15, 0.2) is 0 Å². The van der Waals surface area contributed by atoms with Crippen molar-refractivity contribution in [1.29, 1.82) is 0 Å². The molecule has 0 spiro atoms. The van der Waals surface area contributed by atoms with Crippen molar-refractivity contribution in [2.24, 2.45) is 0 Å². The van der Waals surface area contributed by atoms with Crippen LogP contribution in [-0.4, -0.2) is 15.0 Å². The predicted octanol–water partition coefficient (Wildman–Crippen LogP) is 9.49. The molecule has 0 saturated carbocycles. The van der Waals surface area contributed by atoms with Crippen LogP contribution >= 0.6 is 0 Å². The third kappa shape index (κ3) is 3.79. The third-order valence-corrected chi connectivity index (χ3v) is 7.70. The Kier molecular flexibility index (Phi) is 5.14. The van der Waals surface area contributed by atoms with Crippen LogP contribution in [0, 0.1) is 0 Å². The molecule has 0 unspecified atom stereocenters. The minimum atomic E-state index is 0.936. The van der Waals surface area contributed by atoms with Gasteiger partial charge in [-0.2, -0.15) is 0 Å². The number of pyridine rings is 3. The number of rotatable bonds is 3. The van der Waals surface area contributed by atoms with Crippen LogP contribution in [0.1, 0.15) is 0 Å². The van der Waals surface area contributed by atoms with Gasteiger partial charge >= 0.3 is 0 Å². The second-order valence-corrected chi connectivity index (χ2v) is 10.1. The van der Waals surface area contributed by atoms with E-state index in [0.717, 1.165) is 55.2 Å². The predicted molar refractivity (Wildman–Crippen MR) is 166 cm³/mol. The summed E-state index contributed by atoms with van der Waals surface area (Å²) in [5.74, 6) is 0. The maximum absolute atomic E-state index is 5.10. The average molecular weight is 510 g/mol. The largest absolute Gasteiger partial charge is 0.256 e. The Labute approximate surface area is 231 Å². The summed E-state index contributed by atoms with van der Waals surface area (Å²) in [7, 11) is 0.